The molecule has 0 spiro atoms. The third-order valence-corrected chi connectivity index (χ3v) is 6.21. The molecule has 0 atom stereocenters. The minimum atomic E-state index is -0.0828. The Balaban J connectivity index is 1.87. The quantitative estimate of drug-likeness (QED) is 0.457. The molecule has 0 bridgehead atoms. The molecule has 0 aliphatic rings. The van der Waals surface area contributed by atoms with Crippen LogP contribution in [0.15, 0.2) is 48.5 Å². The van der Waals surface area contributed by atoms with Crippen LogP contribution in [-0.2, 0) is 6.42 Å². The minimum absolute atomic E-state index is 0.0828. The van der Waals surface area contributed by atoms with Crippen LogP contribution in [-0.4, -0.2) is 6.61 Å². The van der Waals surface area contributed by atoms with Crippen molar-refractivity contribution in [3.8, 4) is 5.75 Å². The first-order chi connectivity index (χ1) is 10.8. The number of hydrogen-bond acceptors (Lipinski definition) is 1. The Hall–Kier alpha value is -1.03. The molecule has 22 heavy (non-hydrogen) atoms. The van der Waals surface area contributed by atoms with Gasteiger partial charge in [-0.2, -0.15) is 0 Å². The smallest absolute Gasteiger partial charge is 0.357 e. The van der Waals surface area contributed by atoms with Crippen LogP contribution >= 0.6 is 0 Å². The summed E-state index contributed by atoms with van der Waals surface area (Å²) in [4.78, 5) is 0. The van der Waals surface area contributed by atoms with E-state index in [4.69, 9.17) is 4.74 Å². The summed E-state index contributed by atoms with van der Waals surface area (Å²) in [5.41, 5.74) is 1.47. The average molecular weight is 409 g/mol. The van der Waals surface area contributed by atoms with Crippen molar-refractivity contribution in [2.45, 2.75) is 46.0 Å². The van der Waals surface area contributed by atoms with Gasteiger partial charge in [0.05, 0.1) is 6.61 Å². The highest BCUT2D eigenvalue weighted by molar-refractivity contribution is 5.21. The Labute approximate surface area is 145 Å². The fraction of sp³-hybridized carbons (Fsp3) is 0.400. The van der Waals surface area contributed by atoms with Gasteiger partial charge in [0.15, 0.2) is 7.14 Å². The molecule has 1 nitrogen and oxygen atoms in total. The maximum atomic E-state index is 5.72. The first kappa shape index (κ1) is 17.3. The molecule has 0 aliphatic heterocycles. The van der Waals surface area contributed by atoms with Crippen molar-refractivity contribution >= 4 is 0 Å². The van der Waals surface area contributed by atoms with Gasteiger partial charge in [-0.3, -0.25) is 0 Å². The van der Waals surface area contributed by atoms with Crippen LogP contribution in [0.2, 0.25) is 0 Å². The van der Waals surface area contributed by atoms with Gasteiger partial charge in [0.1, 0.15) is 5.75 Å². The van der Waals surface area contributed by atoms with Gasteiger partial charge in [-0.15, -0.1) is 0 Å². The van der Waals surface area contributed by atoms with Gasteiger partial charge in [0.25, 0.3) is 0 Å². The van der Waals surface area contributed by atoms with Crippen LogP contribution in [0, 0.1) is 7.14 Å². The Morgan fingerprint density at radius 2 is 1.36 bits per heavy atom. The molecule has 2 rings (SSSR count). The molecular weight excluding hydrogens is 383 g/mol. The molecule has 0 aliphatic carbocycles. The molecule has 0 amide bonds. The van der Waals surface area contributed by atoms with Gasteiger partial charge in [-0.05, 0) is 61.2 Å². The summed E-state index contributed by atoms with van der Waals surface area (Å²) in [7, 11) is 0. The predicted molar refractivity (Wildman–Crippen MR) is 89.3 cm³/mol. The van der Waals surface area contributed by atoms with Crippen LogP contribution in [0.4, 0.5) is 0 Å². The zero-order valence-corrected chi connectivity index (χ0v) is 15.8. The molecule has 0 N–H and O–H groups in total. The van der Waals surface area contributed by atoms with Crippen LogP contribution < -0.4 is 25.9 Å². The minimum Gasteiger partial charge on any atom is -0.494 e. The monoisotopic (exact) mass is 409 g/mol. The highest BCUT2D eigenvalue weighted by Gasteiger charge is 2.15. The maximum Gasteiger partial charge on any atom is 0.357 e. The molecule has 2 aromatic rings. The van der Waals surface area contributed by atoms with Crippen molar-refractivity contribution in [2.75, 3.05) is 6.61 Å². The third-order valence-electron chi connectivity index (χ3n) is 3.53. The van der Waals surface area contributed by atoms with Crippen LogP contribution in [0.3, 0.4) is 0 Å². The standard InChI is InChI=1S/C20H26IO/c1-3-5-7-17-8-10-18(11-9-17)21-19-12-14-20(15-13-19)22-16-6-4-2/h8-15H,3-7,16H2,1-2H3/q+1. The summed E-state index contributed by atoms with van der Waals surface area (Å²) in [5, 5.41) is 0. The summed E-state index contributed by atoms with van der Waals surface area (Å²) in [6.07, 6.45) is 6.06. The molecule has 2 aromatic carbocycles. The molecule has 0 unspecified atom stereocenters. The van der Waals surface area contributed by atoms with Crippen molar-refractivity contribution in [3.05, 3.63) is 61.2 Å². The number of unbranched alkanes of at least 4 members (excludes halogenated alkanes) is 2. The Morgan fingerprint density at radius 3 is 1.95 bits per heavy atom. The predicted octanol–water partition coefficient (Wildman–Crippen LogP) is 2.34. The zero-order valence-electron chi connectivity index (χ0n) is 13.6. The highest BCUT2D eigenvalue weighted by atomic mass is 127. The largest absolute Gasteiger partial charge is 0.494 e. The van der Waals surface area contributed by atoms with Crippen molar-refractivity contribution in [3.63, 3.8) is 0 Å². The van der Waals surface area contributed by atoms with Gasteiger partial charge in [-0.25, -0.2) is 0 Å². The molecule has 0 heterocycles. The van der Waals surface area contributed by atoms with Gasteiger partial charge in [0.2, 0.25) is 0 Å². The zero-order chi connectivity index (χ0) is 15.6. The molecule has 118 valence electrons. The Kier molecular flexibility index (Phi) is 7.78. The van der Waals surface area contributed by atoms with Crippen molar-refractivity contribution in [1.29, 1.82) is 0 Å². The molecule has 0 radical (unpaired) electrons. The van der Waals surface area contributed by atoms with E-state index in [1.165, 1.54) is 38.4 Å². The lowest BCUT2D eigenvalue weighted by Crippen LogP contribution is -3.61. The van der Waals surface area contributed by atoms with Crippen LogP contribution in [0.25, 0.3) is 0 Å². The SMILES string of the molecule is CCCCOc1ccc([I+]c2ccc(CCCC)cc2)cc1. The van der Waals surface area contributed by atoms with Crippen LogP contribution in [0.5, 0.6) is 5.75 Å². The lowest BCUT2D eigenvalue weighted by Gasteiger charge is -2.03. The summed E-state index contributed by atoms with van der Waals surface area (Å²) < 4.78 is 8.65. The topological polar surface area (TPSA) is 9.23 Å². The summed E-state index contributed by atoms with van der Waals surface area (Å²) in [6, 6.07) is 17.9. The average Bonchev–Trinajstić information content (AvgIpc) is 2.56. The molecule has 0 saturated carbocycles. The van der Waals surface area contributed by atoms with E-state index in [1.54, 1.807) is 0 Å². The first-order valence-corrected chi connectivity index (χ1v) is 10.4. The van der Waals surface area contributed by atoms with Crippen LogP contribution in [0.1, 0.15) is 45.1 Å². The number of aryl methyl sites for hydroxylation is 1. The summed E-state index contributed by atoms with van der Waals surface area (Å²) >= 11 is -0.0828. The van der Waals surface area contributed by atoms with Gasteiger partial charge >= 0.3 is 21.2 Å². The van der Waals surface area contributed by atoms with E-state index in [1.807, 2.05) is 0 Å². The Morgan fingerprint density at radius 1 is 0.773 bits per heavy atom. The second-order valence-corrected chi connectivity index (χ2v) is 8.51. The molecular formula is C20H26IO+. The van der Waals surface area contributed by atoms with E-state index in [0.29, 0.717) is 0 Å². The van der Waals surface area contributed by atoms with Crippen molar-refractivity contribution in [2.24, 2.45) is 0 Å². The summed E-state index contributed by atoms with van der Waals surface area (Å²) in [6.45, 7) is 5.25. The van der Waals surface area contributed by atoms with Gasteiger partial charge in [0, 0.05) is 0 Å². The second-order valence-electron chi connectivity index (χ2n) is 5.48. The van der Waals surface area contributed by atoms with Crippen molar-refractivity contribution < 1.29 is 25.9 Å². The van der Waals surface area contributed by atoms with E-state index in [-0.39, 0.29) is 21.2 Å². The van der Waals surface area contributed by atoms with E-state index >= 15 is 0 Å². The number of hydrogen-bond donors (Lipinski definition) is 0. The third kappa shape index (κ3) is 5.99. The van der Waals surface area contributed by atoms with E-state index < -0.39 is 0 Å². The maximum absolute atomic E-state index is 5.72. The molecule has 2 heteroatoms. The fourth-order valence-corrected chi connectivity index (χ4v) is 4.31. The van der Waals surface area contributed by atoms with Gasteiger partial charge < -0.3 is 4.74 Å². The Bertz CT molecular complexity index is 531. The van der Waals surface area contributed by atoms with E-state index in [2.05, 4.69) is 62.4 Å². The molecule has 0 saturated heterocycles. The molecule has 0 aromatic heterocycles. The second kappa shape index (κ2) is 9.88. The summed E-state index contributed by atoms with van der Waals surface area (Å²) in [5.74, 6) is 0.996. The molecule has 0 fully saturated rings. The normalized spacial score (nSPS) is 10.6. The first-order valence-electron chi connectivity index (χ1n) is 8.28. The van der Waals surface area contributed by atoms with E-state index in [0.717, 1.165) is 18.8 Å². The number of halogens is 1. The fourth-order valence-electron chi connectivity index (χ4n) is 2.15. The van der Waals surface area contributed by atoms with Gasteiger partial charge in [-0.1, -0.05) is 38.8 Å². The van der Waals surface area contributed by atoms with E-state index in [9.17, 15) is 0 Å². The number of benzene rings is 2. The lowest BCUT2D eigenvalue weighted by atomic mass is 10.1. The highest BCUT2D eigenvalue weighted by Crippen LogP contribution is 2.09. The number of rotatable bonds is 9. The number of ether oxygens (including phenoxy) is 1. The lowest BCUT2D eigenvalue weighted by molar-refractivity contribution is -0.597. The van der Waals surface area contributed by atoms with Crippen molar-refractivity contribution in [1.82, 2.24) is 0 Å².